The number of carbonyl (C=O) groups excluding carboxylic acids is 1. The number of carbonyl (C=O) groups is 1. The van der Waals surface area contributed by atoms with Crippen molar-refractivity contribution in [3.63, 3.8) is 0 Å². The molecule has 1 N–H and O–H groups in total. The Morgan fingerprint density at radius 1 is 1.50 bits per heavy atom. The monoisotopic (exact) mass is 268 g/mol. The zero-order valence-electron chi connectivity index (χ0n) is 10.5. The predicted octanol–water partition coefficient (Wildman–Crippen LogP) is 2.40. The van der Waals surface area contributed by atoms with E-state index in [2.05, 4.69) is 0 Å². The fourth-order valence-electron chi connectivity index (χ4n) is 2.24. The Morgan fingerprint density at radius 3 is 2.78 bits per heavy atom. The van der Waals surface area contributed by atoms with Crippen LogP contribution in [0.5, 0.6) is 0 Å². The zero-order valence-corrected chi connectivity index (χ0v) is 11.3. The molecule has 0 saturated heterocycles. The van der Waals surface area contributed by atoms with Gasteiger partial charge in [0.05, 0.1) is 6.61 Å². The molecule has 4 nitrogen and oxygen atoms in total. The normalized spacial score (nSPS) is 16.8. The quantitative estimate of drug-likeness (QED) is 0.661. The SMILES string of the molecule is CCOC(=N)[C@@H]1Cc2ccccc2N1C(C)=O.Cl. The van der Waals surface area contributed by atoms with Gasteiger partial charge in [0.2, 0.25) is 11.8 Å². The van der Waals surface area contributed by atoms with Gasteiger partial charge in [-0.1, -0.05) is 18.2 Å². The smallest absolute Gasteiger partial charge is 0.224 e. The van der Waals surface area contributed by atoms with Gasteiger partial charge in [-0.15, -0.1) is 12.4 Å². The molecule has 0 aliphatic carbocycles. The molecule has 1 aromatic carbocycles. The lowest BCUT2D eigenvalue weighted by atomic mass is 10.1. The number of anilines is 1. The summed E-state index contributed by atoms with van der Waals surface area (Å²) in [5.41, 5.74) is 1.99. The van der Waals surface area contributed by atoms with Crippen molar-refractivity contribution < 1.29 is 9.53 Å². The summed E-state index contributed by atoms with van der Waals surface area (Å²) in [6.45, 7) is 3.82. The summed E-state index contributed by atoms with van der Waals surface area (Å²) in [6, 6.07) is 7.47. The van der Waals surface area contributed by atoms with E-state index >= 15 is 0 Å². The molecule has 0 radical (unpaired) electrons. The van der Waals surface area contributed by atoms with E-state index in [-0.39, 0.29) is 30.3 Å². The molecule has 1 heterocycles. The summed E-state index contributed by atoms with van der Waals surface area (Å²) in [5.74, 6) is 0.114. The van der Waals surface area contributed by atoms with Crippen molar-refractivity contribution in [2.24, 2.45) is 0 Å². The molecule has 0 bridgehead atoms. The van der Waals surface area contributed by atoms with Crippen LogP contribution in [0.25, 0.3) is 0 Å². The second kappa shape index (κ2) is 5.87. The third kappa shape index (κ3) is 2.48. The average Bonchev–Trinajstić information content (AvgIpc) is 2.68. The minimum atomic E-state index is -0.287. The van der Waals surface area contributed by atoms with Crippen LogP contribution in [0.3, 0.4) is 0 Å². The van der Waals surface area contributed by atoms with Gasteiger partial charge in [-0.25, -0.2) is 0 Å². The van der Waals surface area contributed by atoms with E-state index in [0.717, 1.165) is 11.3 Å². The van der Waals surface area contributed by atoms with Gasteiger partial charge in [0, 0.05) is 19.0 Å². The Morgan fingerprint density at radius 2 is 2.17 bits per heavy atom. The molecule has 18 heavy (non-hydrogen) atoms. The number of hydrogen-bond donors (Lipinski definition) is 1. The lowest BCUT2D eigenvalue weighted by molar-refractivity contribution is -0.116. The van der Waals surface area contributed by atoms with Crippen LogP contribution in [-0.2, 0) is 16.0 Å². The number of ether oxygens (including phenoxy) is 1. The van der Waals surface area contributed by atoms with E-state index in [0.29, 0.717) is 13.0 Å². The number of halogens is 1. The van der Waals surface area contributed by atoms with E-state index in [9.17, 15) is 4.79 Å². The van der Waals surface area contributed by atoms with Crippen molar-refractivity contribution in [1.29, 1.82) is 5.41 Å². The van der Waals surface area contributed by atoms with E-state index in [1.54, 1.807) is 4.90 Å². The second-order valence-electron chi connectivity index (χ2n) is 4.03. The zero-order chi connectivity index (χ0) is 12.4. The number of rotatable bonds is 2. The first-order valence-corrected chi connectivity index (χ1v) is 5.74. The first kappa shape index (κ1) is 14.5. The van der Waals surface area contributed by atoms with Crippen molar-refractivity contribution in [3.8, 4) is 0 Å². The highest BCUT2D eigenvalue weighted by Crippen LogP contribution is 2.32. The molecule has 1 aliphatic heterocycles. The molecule has 0 fully saturated rings. The number of hydrogen-bond acceptors (Lipinski definition) is 3. The maximum absolute atomic E-state index is 11.7. The van der Waals surface area contributed by atoms with Crippen molar-refractivity contribution >= 4 is 29.9 Å². The van der Waals surface area contributed by atoms with Gasteiger partial charge < -0.3 is 4.74 Å². The number of benzene rings is 1. The molecule has 0 spiro atoms. The Kier molecular flexibility index (Phi) is 4.73. The number of para-hydroxylation sites is 1. The number of amides is 1. The minimum Gasteiger partial charge on any atom is -0.480 e. The van der Waals surface area contributed by atoms with Gasteiger partial charge in [0.1, 0.15) is 6.04 Å². The molecule has 98 valence electrons. The summed E-state index contributed by atoms with van der Waals surface area (Å²) < 4.78 is 5.23. The van der Waals surface area contributed by atoms with Gasteiger partial charge >= 0.3 is 0 Å². The lowest BCUT2D eigenvalue weighted by Gasteiger charge is -2.24. The maximum atomic E-state index is 11.7. The van der Waals surface area contributed by atoms with Crippen LogP contribution in [0.1, 0.15) is 19.4 Å². The van der Waals surface area contributed by atoms with Crippen LogP contribution in [0, 0.1) is 5.41 Å². The Bertz CT molecular complexity index is 462. The van der Waals surface area contributed by atoms with Gasteiger partial charge in [-0.2, -0.15) is 0 Å². The van der Waals surface area contributed by atoms with Crippen molar-refractivity contribution in [2.75, 3.05) is 11.5 Å². The van der Waals surface area contributed by atoms with Gasteiger partial charge in [-0.05, 0) is 18.6 Å². The van der Waals surface area contributed by atoms with Crippen LogP contribution < -0.4 is 4.90 Å². The number of nitrogens with zero attached hydrogens (tertiary/aromatic N) is 1. The minimum absolute atomic E-state index is 0. The third-order valence-electron chi connectivity index (χ3n) is 2.92. The Labute approximate surface area is 113 Å². The molecule has 1 atom stereocenters. The maximum Gasteiger partial charge on any atom is 0.224 e. The van der Waals surface area contributed by atoms with Crippen LogP contribution in [0.4, 0.5) is 5.69 Å². The molecule has 0 unspecified atom stereocenters. The van der Waals surface area contributed by atoms with E-state index < -0.39 is 0 Å². The number of fused-ring (bicyclic) bond motifs is 1. The van der Waals surface area contributed by atoms with Crippen molar-refractivity contribution in [1.82, 2.24) is 0 Å². The standard InChI is InChI=1S/C13H16N2O2.ClH/c1-3-17-13(14)12-8-10-6-4-5-7-11(10)15(12)9(2)16;/h4-7,12,14H,3,8H2,1-2H3;1H/t12-;/m0./s1. The first-order valence-electron chi connectivity index (χ1n) is 5.74. The molecular formula is C13H17ClN2O2. The second-order valence-corrected chi connectivity index (χ2v) is 4.03. The molecule has 1 amide bonds. The predicted molar refractivity (Wildman–Crippen MR) is 73.7 cm³/mol. The molecule has 0 aromatic heterocycles. The van der Waals surface area contributed by atoms with E-state index in [1.807, 2.05) is 31.2 Å². The highest BCUT2D eigenvalue weighted by Gasteiger charge is 2.35. The Balaban J connectivity index is 0.00000162. The van der Waals surface area contributed by atoms with Crippen LogP contribution in [0.2, 0.25) is 0 Å². The summed E-state index contributed by atoms with van der Waals surface area (Å²) >= 11 is 0. The third-order valence-corrected chi connectivity index (χ3v) is 2.92. The summed E-state index contributed by atoms with van der Waals surface area (Å²) in [7, 11) is 0. The topological polar surface area (TPSA) is 53.4 Å². The van der Waals surface area contributed by atoms with E-state index in [4.69, 9.17) is 10.1 Å². The fraction of sp³-hybridized carbons (Fsp3) is 0.385. The van der Waals surface area contributed by atoms with Crippen molar-refractivity contribution in [3.05, 3.63) is 29.8 Å². The Hall–Kier alpha value is -1.55. The summed E-state index contributed by atoms with van der Waals surface area (Å²) in [5, 5.41) is 7.87. The van der Waals surface area contributed by atoms with Gasteiger partial charge in [0.25, 0.3) is 0 Å². The molecule has 0 saturated carbocycles. The van der Waals surface area contributed by atoms with E-state index in [1.165, 1.54) is 6.92 Å². The van der Waals surface area contributed by atoms with Crippen LogP contribution >= 0.6 is 12.4 Å². The highest BCUT2D eigenvalue weighted by molar-refractivity contribution is 6.01. The fourth-order valence-corrected chi connectivity index (χ4v) is 2.24. The number of nitrogens with one attached hydrogen (secondary N) is 1. The highest BCUT2D eigenvalue weighted by atomic mass is 35.5. The molecule has 5 heteroatoms. The largest absolute Gasteiger partial charge is 0.480 e. The molecule has 1 aliphatic rings. The van der Waals surface area contributed by atoms with Crippen LogP contribution in [-0.4, -0.2) is 24.5 Å². The average molecular weight is 269 g/mol. The molecular weight excluding hydrogens is 252 g/mol. The first-order chi connectivity index (χ1) is 8.15. The van der Waals surface area contributed by atoms with Gasteiger partial charge in [-0.3, -0.25) is 15.1 Å². The molecule has 1 aromatic rings. The summed E-state index contributed by atoms with van der Waals surface area (Å²) in [4.78, 5) is 13.3. The lowest BCUT2D eigenvalue weighted by Crippen LogP contribution is -2.42. The van der Waals surface area contributed by atoms with Crippen molar-refractivity contribution in [2.45, 2.75) is 26.3 Å². The summed E-state index contributed by atoms with van der Waals surface area (Å²) in [6.07, 6.45) is 0.661. The molecule has 2 rings (SSSR count). The van der Waals surface area contributed by atoms with Gasteiger partial charge in [0.15, 0.2) is 0 Å². The van der Waals surface area contributed by atoms with Crippen LogP contribution in [0.15, 0.2) is 24.3 Å².